The topological polar surface area (TPSA) is 33.5 Å². The van der Waals surface area contributed by atoms with Crippen LogP contribution in [0.1, 0.15) is 56.8 Å². The second-order valence-electron chi connectivity index (χ2n) is 13.4. The molecule has 0 aliphatic carbocycles. The van der Waals surface area contributed by atoms with Gasteiger partial charge in [-0.2, -0.15) is 12.7 Å². The van der Waals surface area contributed by atoms with Crippen LogP contribution in [-0.2, 0) is 31.9 Å². The first kappa shape index (κ1) is 27.2. The fourth-order valence-electron chi connectivity index (χ4n) is 5.75. The summed E-state index contributed by atoms with van der Waals surface area (Å²) in [6.45, 7) is 12.3. The van der Waals surface area contributed by atoms with Crippen molar-refractivity contribution in [1.29, 1.82) is 0 Å². The third-order valence-electron chi connectivity index (χ3n) is 8.20. The molecule has 0 unspecified atom stereocenters. The normalized spacial score (nSPS) is 14.6. The van der Waals surface area contributed by atoms with Crippen molar-refractivity contribution in [2.45, 2.75) is 52.4 Å². The molecule has 0 radical (unpaired) electrons. The summed E-state index contributed by atoms with van der Waals surface area (Å²) in [5.74, 6) is 1.87. The van der Waals surface area contributed by atoms with Gasteiger partial charge in [-0.25, -0.2) is 4.98 Å². The summed E-state index contributed by atoms with van der Waals surface area (Å²) in [5, 5.41) is 2.16. The molecule has 1 aliphatic rings. The van der Waals surface area contributed by atoms with E-state index >= 15 is 0 Å². The Morgan fingerprint density at radius 2 is 1.49 bits per heavy atom. The standard InChI is InChI=1S/C39H37N4O.Pt/c1-38(2,3)26-18-19-40-37(22-26)43-33-13-9-8-12-31(33)32-17-16-29(24-36(32)43)44-30-21-27(39(4,5)6)20-28(23-30)42-25-41(7)34-14-10-11-15-35(34)42;/h8-22,25H,1-7H3;/q-3;/i7D3;. The van der Waals surface area contributed by atoms with E-state index in [2.05, 4.69) is 88.6 Å². The number of para-hydroxylation sites is 3. The molecule has 3 heterocycles. The van der Waals surface area contributed by atoms with Crippen LogP contribution in [0.5, 0.6) is 11.5 Å². The maximum absolute atomic E-state index is 8.13. The zero-order chi connectivity index (χ0) is 33.3. The number of hydrogen-bond donors (Lipinski definition) is 0. The Morgan fingerprint density at radius 1 is 0.756 bits per heavy atom. The van der Waals surface area contributed by atoms with E-state index in [0.29, 0.717) is 22.9 Å². The molecule has 0 spiro atoms. The molecule has 0 saturated carbocycles. The molecule has 232 valence electrons. The van der Waals surface area contributed by atoms with Crippen LogP contribution in [-0.4, -0.2) is 16.5 Å². The second kappa shape index (κ2) is 11.4. The van der Waals surface area contributed by atoms with Crippen molar-refractivity contribution in [1.82, 2.24) is 9.55 Å². The van der Waals surface area contributed by atoms with E-state index in [1.54, 1.807) is 6.67 Å². The molecule has 6 aromatic rings. The monoisotopic (exact) mass is 775 g/mol. The van der Waals surface area contributed by atoms with Gasteiger partial charge >= 0.3 is 0 Å². The van der Waals surface area contributed by atoms with Crippen LogP contribution in [0.15, 0.2) is 91.1 Å². The number of nitrogens with zero attached hydrogens (tertiary/aromatic N) is 4. The minimum atomic E-state index is -2.34. The van der Waals surface area contributed by atoms with Gasteiger partial charge in [-0.3, -0.25) is 0 Å². The van der Waals surface area contributed by atoms with E-state index in [4.69, 9.17) is 13.8 Å². The van der Waals surface area contributed by atoms with Crippen LogP contribution in [0.3, 0.4) is 0 Å². The molecule has 0 amide bonds. The minimum Gasteiger partial charge on any atom is -0.509 e. The Balaban J connectivity index is 0.00000401. The zero-order valence-corrected chi connectivity index (χ0v) is 28.5. The van der Waals surface area contributed by atoms with Crippen LogP contribution in [0.25, 0.3) is 27.6 Å². The van der Waals surface area contributed by atoms with Gasteiger partial charge in [-0.15, -0.1) is 47.0 Å². The molecule has 2 aromatic heterocycles. The van der Waals surface area contributed by atoms with E-state index in [0.717, 1.165) is 38.9 Å². The van der Waals surface area contributed by atoms with Gasteiger partial charge in [0.2, 0.25) is 0 Å². The van der Waals surface area contributed by atoms with Crippen molar-refractivity contribution in [3.05, 3.63) is 121 Å². The molecule has 0 atom stereocenters. The summed E-state index contributed by atoms with van der Waals surface area (Å²) in [4.78, 5) is 7.97. The van der Waals surface area contributed by atoms with E-state index in [9.17, 15) is 0 Å². The summed E-state index contributed by atoms with van der Waals surface area (Å²) >= 11 is 0. The molecule has 1 aliphatic heterocycles. The summed E-state index contributed by atoms with van der Waals surface area (Å²) in [7, 11) is 0. The Morgan fingerprint density at radius 3 is 2.24 bits per heavy atom. The average molecular weight is 776 g/mol. The summed E-state index contributed by atoms with van der Waals surface area (Å²) in [6, 6.07) is 35.0. The fraction of sp³-hybridized carbons (Fsp3) is 0.231. The molecule has 0 saturated heterocycles. The van der Waals surface area contributed by atoms with Gasteiger partial charge in [0, 0.05) is 59.8 Å². The number of anilines is 3. The van der Waals surface area contributed by atoms with Crippen LogP contribution < -0.4 is 14.5 Å². The molecule has 5 nitrogen and oxygen atoms in total. The van der Waals surface area contributed by atoms with Crippen LogP contribution in [0, 0.1) is 18.8 Å². The maximum Gasteiger partial charge on any atom is 0.135 e. The third kappa shape index (κ3) is 5.64. The van der Waals surface area contributed by atoms with Gasteiger partial charge in [0.05, 0.1) is 0 Å². The van der Waals surface area contributed by atoms with Gasteiger partial charge in [0.15, 0.2) is 0 Å². The Hall–Kier alpha value is -4.08. The van der Waals surface area contributed by atoms with Crippen molar-refractivity contribution in [3.8, 4) is 17.3 Å². The Kier molecular flexibility index (Phi) is 6.89. The van der Waals surface area contributed by atoms with Crippen LogP contribution >= 0.6 is 0 Å². The number of ether oxygens (including phenoxy) is 1. The zero-order valence-electron chi connectivity index (χ0n) is 29.3. The van der Waals surface area contributed by atoms with Gasteiger partial charge in [-0.05, 0) is 59.1 Å². The van der Waals surface area contributed by atoms with E-state index in [1.165, 1.54) is 10.5 Å². The maximum atomic E-state index is 8.13. The SMILES string of the molecule is [2H]C([2H])([2H])N1[CH-]N(c2[c-]c(Oc3[c-]c4c(cc3)c3ccccc3n4-c3cc(C(C)(C)C)ccn3)cc(C(C)(C)C)c2)c2ccccc21.[Pt]. The van der Waals surface area contributed by atoms with Gasteiger partial charge in [0.25, 0.3) is 0 Å². The van der Waals surface area contributed by atoms with E-state index in [-0.39, 0.29) is 31.9 Å². The van der Waals surface area contributed by atoms with Crippen LogP contribution in [0.2, 0.25) is 0 Å². The number of fused-ring (bicyclic) bond motifs is 4. The molecule has 6 heteroatoms. The first-order chi connectivity index (χ1) is 22.2. The smallest absolute Gasteiger partial charge is 0.135 e. The first-order valence-electron chi connectivity index (χ1n) is 16.4. The quantitative estimate of drug-likeness (QED) is 0.167. The third-order valence-corrected chi connectivity index (χ3v) is 8.20. The predicted octanol–water partition coefficient (Wildman–Crippen LogP) is 9.87. The minimum absolute atomic E-state index is 0. The molecular weight excluding hydrogens is 736 g/mol. The van der Waals surface area contributed by atoms with Gasteiger partial charge < -0.3 is 19.1 Å². The van der Waals surface area contributed by atoms with Gasteiger partial charge in [-0.1, -0.05) is 77.4 Å². The number of aromatic nitrogens is 2. The fourth-order valence-corrected chi connectivity index (χ4v) is 5.75. The Bertz CT molecular complexity index is 2140. The number of rotatable bonds is 4. The molecule has 45 heavy (non-hydrogen) atoms. The number of pyridine rings is 1. The average Bonchev–Trinajstić information content (AvgIpc) is 3.57. The molecular formula is C39H37N4OPt-3. The largest absolute Gasteiger partial charge is 0.509 e. The van der Waals surface area contributed by atoms with Crippen molar-refractivity contribution >= 4 is 38.9 Å². The summed E-state index contributed by atoms with van der Waals surface area (Å²) < 4.78 is 33.1. The Labute approximate surface area is 284 Å². The molecule has 0 N–H and O–H groups in total. The molecule has 0 bridgehead atoms. The molecule has 7 rings (SSSR count). The summed E-state index contributed by atoms with van der Waals surface area (Å²) in [5.41, 5.74) is 5.94. The molecule has 0 fully saturated rings. The summed E-state index contributed by atoms with van der Waals surface area (Å²) in [6.07, 6.45) is 1.87. The number of benzene rings is 4. The van der Waals surface area contributed by atoms with Crippen molar-refractivity contribution in [3.63, 3.8) is 0 Å². The van der Waals surface area contributed by atoms with Gasteiger partial charge in [0.1, 0.15) is 5.82 Å². The second-order valence-corrected chi connectivity index (χ2v) is 13.4. The van der Waals surface area contributed by atoms with E-state index in [1.807, 2.05) is 65.7 Å². The van der Waals surface area contributed by atoms with E-state index < -0.39 is 6.98 Å². The van der Waals surface area contributed by atoms with Crippen LogP contribution in [0.4, 0.5) is 17.1 Å². The predicted molar refractivity (Wildman–Crippen MR) is 181 cm³/mol. The van der Waals surface area contributed by atoms with Crippen molar-refractivity contribution in [2.75, 3.05) is 16.8 Å². The molecule has 4 aromatic carbocycles. The van der Waals surface area contributed by atoms with Crippen molar-refractivity contribution < 1.29 is 29.9 Å². The number of hydrogen-bond acceptors (Lipinski definition) is 4. The van der Waals surface area contributed by atoms with Crippen molar-refractivity contribution in [2.24, 2.45) is 0 Å². The first-order valence-corrected chi connectivity index (χ1v) is 14.9.